The highest BCUT2D eigenvalue weighted by Gasteiger charge is 2.35. The summed E-state index contributed by atoms with van der Waals surface area (Å²) in [6, 6.07) is 16.4. The average Bonchev–Trinajstić information content (AvgIpc) is 3.16. The fraction of sp³-hybridized carbons (Fsp3) is 0.208. The number of hydrogen-bond acceptors (Lipinski definition) is 4. The zero-order valence-corrected chi connectivity index (χ0v) is 22.2. The summed E-state index contributed by atoms with van der Waals surface area (Å²) in [5.74, 6) is 1.59. The average molecular weight is 588 g/mol. The number of anilines is 1. The molecule has 4 nitrogen and oxygen atoms in total. The van der Waals surface area contributed by atoms with Crippen LogP contribution in [0.4, 0.5) is 5.69 Å². The predicted octanol–water partition coefficient (Wildman–Crippen LogP) is 8.17. The number of hydrogen-bond donors (Lipinski definition) is 0. The summed E-state index contributed by atoms with van der Waals surface area (Å²) in [5, 5.41) is 1.53. The molecular formula is C24H19BrCl3NO3S. The Bertz CT molecular complexity index is 1180. The lowest BCUT2D eigenvalue weighted by molar-refractivity contribution is -0.115. The molecule has 0 unspecified atom stereocenters. The third-order valence-electron chi connectivity index (χ3n) is 4.98. The molecule has 3 aromatic rings. The molecule has 0 saturated carbocycles. The van der Waals surface area contributed by atoms with Crippen molar-refractivity contribution in [3.8, 4) is 11.5 Å². The first-order chi connectivity index (χ1) is 15.9. The lowest BCUT2D eigenvalue weighted by atomic mass is 10.1. The van der Waals surface area contributed by atoms with Gasteiger partial charge in [-0.15, -0.1) is 11.8 Å². The number of carbonyl (C=O) groups is 1. The summed E-state index contributed by atoms with van der Waals surface area (Å²) in [6.07, 6.45) is 0. The maximum atomic E-state index is 12.7. The van der Waals surface area contributed by atoms with E-state index in [-0.39, 0.29) is 17.9 Å². The molecule has 0 aliphatic carbocycles. The molecule has 0 spiro atoms. The van der Waals surface area contributed by atoms with Crippen LogP contribution in [0.3, 0.4) is 0 Å². The molecule has 33 heavy (non-hydrogen) atoms. The Balaban J connectivity index is 1.64. The molecular weight excluding hydrogens is 569 g/mol. The van der Waals surface area contributed by atoms with E-state index in [2.05, 4.69) is 15.9 Å². The second-order valence-electron chi connectivity index (χ2n) is 7.19. The molecule has 1 saturated heterocycles. The van der Waals surface area contributed by atoms with Gasteiger partial charge in [0.15, 0.2) is 11.5 Å². The fourth-order valence-electron chi connectivity index (χ4n) is 3.47. The molecule has 0 bridgehead atoms. The monoisotopic (exact) mass is 585 g/mol. The van der Waals surface area contributed by atoms with Gasteiger partial charge < -0.3 is 9.47 Å². The molecule has 1 heterocycles. The van der Waals surface area contributed by atoms with Crippen LogP contribution in [0, 0.1) is 0 Å². The maximum absolute atomic E-state index is 12.7. The van der Waals surface area contributed by atoms with E-state index in [1.165, 1.54) is 0 Å². The lowest BCUT2D eigenvalue weighted by Crippen LogP contribution is -2.27. The van der Waals surface area contributed by atoms with E-state index in [1.54, 1.807) is 40.9 Å². The largest absolute Gasteiger partial charge is 0.490 e. The molecule has 1 aliphatic rings. The minimum absolute atomic E-state index is 0.0408. The highest BCUT2D eigenvalue weighted by atomic mass is 79.9. The Morgan fingerprint density at radius 3 is 2.45 bits per heavy atom. The van der Waals surface area contributed by atoms with Crippen LogP contribution in [0.2, 0.25) is 15.1 Å². The van der Waals surface area contributed by atoms with Gasteiger partial charge in [0.2, 0.25) is 5.91 Å². The van der Waals surface area contributed by atoms with Crippen LogP contribution in [-0.2, 0) is 11.4 Å². The standard InChI is InChI=1S/C24H19BrCl3NO3S/c1-2-31-21-10-15(24-29(22(30)13-33-24)18-7-5-16(26)6-8-18)9-19(25)23(21)32-12-14-3-4-17(27)11-20(14)28/h3-11,24H,2,12-13H2,1H3/t24-/m0/s1. The SMILES string of the molecule is CCOc1cc([C@@H]2SCC(=O)N2c2ccc(Cl)cc2)cc(Br)c1OCc1ccc(Cl)cc1Cl. The van der Waals surface area contributed by atoms with Crippen molar-refractivity contribution in [2.24, 2.45) is 0 Å². The number of carbonyl (C=O) groups excluding carboxylic acids is 1. The third kappa shape index (κ3) is 5.57. The van der Waals surface area contributed by atoms with Crippen LogP contribution in [0.25, 0.3) is 0 Å². The second-order valence-corrected chi connectivity index (χ2v) is 10.4. The van der Waals surface area contributed by atoms with E-state index < -0.39 is 0 Å². The van der Waals surface area contributed by atoms with Gasteiger partial charge in [0.1, 0.15) is 12.0 Å². The smallest absolute Gasteiger partial charge is 0.238 e. The molecule has 0 aromatic heterocycles. The van der Waals surface area contributed by atoms with Crippen LogP contribution in [0.5, 0.6) is 11.5 Å². The Hall–Kier alpha value is -1.57. The summed E-state index contributed by atoms with van der Waals surface area (Å²) < 4.78 is 12.7. The van der Waals surface area contributed by atoms with Gasteiger partial charge in [-0.2, -0.15) is 0 Å². The quantitative estimate of drug-likeness (QED) is 0.280. The van der Waals surface area contributed by atoms with Crippen molar-refractivity contribution < 1.29 is 14.3 Å². The van der Waals surface area contributed by atoms with Crippen molar-refractivity contribution in [3.63, 3.8) is 0 Å². The summed E-state index contributed by atoms with van der Waals surface area (Å²) in [5.41, 5.74) is 2.53. The van der Waals surface area contributed by atoms with Gasteiger partial charge in [-0.25, -0.2) is 0 Å². The molecule has 0 N–H and O–H groups in total. The van der Waals surface area contributed by atoms with Gasteiger partial charge in [0.25, 0.3) is 0 Å². The third-order valence-corrected chi connectivity index (χ3v) is 7.62. The zero-order valence-electron chi connectivity index (χ0n) is 17.5. The first-order valence-corrected chi connectivity index (χ1v) is 13.1. The number of halogens is 4. The zero-order chi connectivity index (χ0) is 23.5. The van der Waals surface area contributed by atoms with Crippen LogP contribution in [-0.4, -0.2) is 18.3 Å². The Kier molecular flexibility index (Phi) is 8.03. The summed E-state index contributed by atoms with van der Waals surface area (Å²) in [4.78, 5) is 14.5. The van der Waals surface area contributed by atoms with Crippen LogP contribution < -0.4 is 14.4 Å². The minimum Gasteiger partial charge on any atom is -0.490 e. The van der Waals surface area contributed by atoms with Gasteiger partial charge in [-0.1, -0.05) is 40.9 Å². The van der Waals surface area contributed by atoms with Crippen molar-refractivity contribution >= 4 is 74.1 Å². The maximum Gasteiger partial charge on any atom is 0.238 e. The number of ether oxygens (including phenoxy) is 2. The minimum atomic E-state index is -0.200. The van der Waals surface area contributed by atoms with Crippen LogP contribution in [0.1, 0.15) is 23.4 Å². The van der Waals surface area contributed by atoms with E-state index in [9.17, 15) is 4.79 Å². The van der Waals surface area contributed by atoms with E-state index in [0.29, 0.717) is 38.9 Å². The van der Waals surface area contributed by atoms with E-state index in [1.807, 2.05) is 37.3 Å². The second kappa shape index (κ2) is 10.8. The normalized spacial score (nSPS) is 15.7. The van der Waals surface area contributed by atoms with Crippen LogP contribution >= 0.6 is 62.5 Å². The number of nitrogens with zero attached hydrogens (tertiary/aromatic N) is 1. The molecule has 1 amide bonds. The van der Waals surface area contributed by atoms with E-state index in [0.717, 1.165) is 21.3 Å². The van der Waals surface area contributed by atoms with Crippen molar-refractivity contribution in [1.82, 2.24) is 0 Å². The molecule has 172 valence electrons. The first-order valence-electron chi connectivity index (χ1n) is 10.1. The van der Waals surface area contributed by atoms with E-state index in [4.69, 9.17) is 44.3 Å². The summed E-state index contributed by atoms with van der Waals surface area (Å²) in [7, 11) is 0. The molecule has 1 atom stereocenters. The van der Waals surface area contributed by atoms with Gasteiger partial charge in [0, 0.05) is 26.3 Å². The molecule has 4 rings (SSSR count). The van der Waals surface area contributed by atoms with Gasteiger partial charge in [0.05, 0.1) is 16.8 Å². The number of amides is 1. The molecule has 9 heteroatoms. The lowest BCUT2D eigenvalue weighted by Gasteiger charge is -2.25. The van der Waals surface area contributed by atoms with Gasteiger partial charge >= 0.3 is 0 Å². The van der Waals surface area contributed by atoms with Crippen LogP contribution in [0.15, 0.2) is 59.1 Å². The highest BCUT2D eigenvalue weighted by Crippen LogP contribution is 2.46. The Morgan fingerprint density at radius 1 is 1.03 bits per heavy atom. The van der Waals surface area contributed by atoms with Crippen molar-refractivity contribution in [3.05, 3.63) is 85.3 Å². The fourth-order valence-corrected chi connectivity index (χ4v) is 5.79. The number of benzene rings is 3. The Morgan fingerprint density at radius 2 is 1.76 bits per heavy atom. The van der Waals surface area contributed by atoms with Crippen molar-refractivity contribution in [2.75, 3.05) is 17.3 Å². The van der Waals surface area contributed by atoms with E-state index >= 15 is 0 Å². The summed E-state index contributed by atoms with van der Waals surface area (Å²) >= 11 is 23.5. The molecule has 3 aromatic carbocycles. The van der Waals surface area contributed by atoms with Gasteiger partial charge in [-0.3, -0.25) is 9.69 Å². The number of thioether (sulfide) groups is 1. The summed E-state index contributed by atoms with van der Waals surface area (Å²) in [6.45, 7) is 2.63. The predicted molar refractivity (Wildman–Crippen MR) is 140 cm³/mol. The number of rotatable bonds is 7. The highest BCUT2D eigenvalue weighted by molar-refractivity contribution is 9.10. The van der Waals surface area contributed by atoms with Crippen molar-refractivity contribution in [1.29, 1.82) is 0 Å². The molecule has 1 aliphatic heterocycles. The van der Waals surface area contributed by atoms with Crippen molar-refractivity contribution in [2.45, 2.75) is 18.9 Å². The topological polar surface area (TPSA) is 38.8 Å². The van der Waals surface area contributed by atoms with Gasteiger partial charge in [-0.05, 0) is 76.9 Å². The Labute approximate surface area is 220 Å². The molecule has 0 radical (unpaired) electrons. The first kappa shape index (κ1) is 24.6. The molecule has 1 fully saturated rings.